The lowest BCUT2D eigenvalue weighted by Gasteiger charge is -2.08. The number of carbonyl (C=O) groups excluding carboxylic acids is 1. The Hall–Kier alpha value is -3.99. The number of aromatic nitrogens is 1. The summed E-state index contributed by atoms with van der Waals surface area (Å²) in [5.41, 5.74) is 1.31. The predicted molar refractivity (Wildman–Crippen MR) is 114 cm³/mol. The van der Waals surface area contributed by atoms with Crippen LogP contribution in [0.25, 0.3) is 0 Å². The van der Waals surface area contributed by atoms with Crippen LogP contribution >= 0.6 is 0 Å². The van der Waals surface area contributed by atoms with Gasteiger partial charge in [0.05, 0.1) is 12.1 Å². The molecule has 3 rings (SSSR count). The van der Waals surface area contributed by atoms with Gasteiger partial charge >= 0.3 is 12.2 Å². The van der Waals surface area contributed by atoms with Crippen molar-refractivity contribution in [2.45, 2.75) is 19.3 Å². The molecule has 0 aliphatic rings. The van der Waals surface area contributed by atoms with E-state index in [1.807, 2.05) is 36.4 Å². The first-order valence-corrected chi connectivity index (χ1v) is 9.68. The van der Waals surface area contributed by atoms with Crippen LogP contribution < -0.4 is 15.4 Å². The molecule has 0 aliphatic carbocycles. The molecule has 0 unspecified atom stereocenters. The number of hydrogen-bond acceptors (Lipinski definition) is 3. The van der Waals surface area contributed by atoms with Crippen molar-refractivity contribution in [1.82, 2.24) is 15.6 Å². The largest absolute Gasteiger partial charge is 0.489 e. The van der Waals surface area contributed by atoms with E-state index in [0.717, 1.165) is 23.3 Å². The zero-order valence-corrected chi connectivity index (χ0v) is 16.9. The number of nitrogens with zero attached hydrogens (tertiary/aromatic N) is 1. The van der Waals surface area contributed by atoms with Crippen molar-refractivity contribution in [3.05, 3.63) is 95.3 Å². The van der Waals surface area contributed by atoms with E-state index in [1.54, 1.807) is 12.4 Å². The lowest BCUT2D eigenvalue weighted by atomic mass is 10.1. The minimum atomic E-state index is -4.42. The molecule has 0 aliphatic heterocycles. The first-order chi connectivity index (χ1) is 15.4. The molecule has 0 spiro atoms. The fourth-order valence-electron chi connectivity index (χ4n) is 2.64. The molecule has 5 nitrogen and oxygen atoms in total. The summed E-state index contributed by atoms with van der Waals surface area (Å²) in [6.45, 7) is 0.717. The Kier molecular flexibility index (Phi) is 7.70. The molecule has 164 valence electrons. The molecule has 0 atom stereocenters. The second kappa shape index (κ2) is 10.9. The molecule has 0 fully saturated rings. The van der Waals surface area contributed by atoms with Crippen LogP contribution in [-0.2, 0) is 19.3 Å². The van der Waals surface area contributed by atoms with Gasteiger partial charge in [-0.3, -0.25) is 4.98 Å². The summed E-state index contributed by atoms with van der Waals surface area (Å²) in [6, 6.07) is 15.4. The minimum absolute atomic E-state index is 0.00317. The van der Waals surface area contributed by atoms with Crippen molar-refractivity contribution >= 4 is 6.03 Å². The maximum atomic E-state index is 12.7. The second-order valence-electron chi connectivity index (χ2n) is 6.71. The summed E-state index contributed by atoms with van der Waals surface area (Å²) in [5.74, 6) is 5.94. The number of halogens is 3. The Balaban J connectivity index is 1.39. The van der Waals surface area contributed by atoms with Gasteiger partial charge in [-0.05, 0) is 42.0 Å². The lowest BCUT2D eigenvalue weighted by Crippen LogP contribution is -2.35. The second-order valence-corrected chi connectivity index (χ2v) is 6.71. The summed E-state index contributed by atoms with van der Waals surface area (Å²) in [4.78, 5) is 15.9. The van der Waals surface area contributed by atoms with Gasteiger partial charge in [0.2, 0.25) is 0 Å². The molecule has 0 saturated heterocycles. The summed E-state index contributed by atoms with van der Waals surface area (Å²) in [6.07, 6.45) is -0.981. The van der Waals surface area contributed by atoms with E-state index in [-0.39, 0.29) is 12.1 Å². The van der Waals surface area contributed by atoms with Crippen molar-refractivity contribution in [1.29, 1.82) is 0 Å². The normalized spacial score (nSPS) is 10.6. The zero-order valence-electron chi connectivity index (χ0n) is 16.9. The molecular weight excluding hydrogens is 419 g/mol. The van der Waals surface area contributed by atoms with Crippen LogP contribution in [0.4, 0.5) is 18.0 Å². The van der Waals surface area contributed by atoms with Crippen molar-refractivity contribution in [2.75, 3.05) is 6.54 Å². The van der Waals surface area contributed by atoms with Crippen LogP contribution in [0, 0.1) is 11.8 Å². The Morgan fingerprint density at radius 3 is 2.53 bits per heavy atom. The average Bonchev–Trinajstić information content (AvgIpc) is 2.80. The first-order valence-electron chi connectivity index (χ1n) is 9.68. The third-order valence-electron chi connectivity index (χ3n) is 4.26. The Morgan fingerprint density at radius 2 is 1.81 bits per heavy atom. The topological polar surface area (TPSA) is 63.2 Å². The highest BCUT2D eigenvalue weighted by molar-refractivity contribution is 5.74. The van der Waals surface area contributed by atoms with E-state index in [0.29, 0.717) is 18.9 Å². The van der Waals surface area contributed by atoms with Gasteiger partial charge in [0.1, 0.15) is 12.4 Å². The zero-order chi connectivity index (χ0) is 22.8. The fourth-order valence-corrected chi connectivity index (χ4v) is 2.64. The van der Waals surface area contributed by atoms with E-state index in [1.165, 1.54) is 12.1 Å². The van der Waals surface area contributed by atoms with E-state index in [2.05, 4.69) is 27.5 Å². The highest BCUT2D eigenvalue weighted by atomic mass is 19.4. The quantitative estimate of drug-likeness (QED) is 0.555. The number of rotatable bonds is 6. The molecule has 0 saturated carbocycles. The van der Waals surface area contributed by atoms with Gasteiger partial charge in [0.25, 0.3) is 0 Å². The molecule has 2 aromatic carbocycles. The highest BCUT2D eigenvalue weighted by Crippen LogP contribution is 2.29. The van der Waals surface area contributed by atoms with Crippen LogP contribution in [0.2, 0.25) is 0 Å². The minimum Gasteiger partial charge on any atom is -0.489 e. The van der Waals surface area contributed by atoms with Crippen LogP contribution in [0.3, 0.4) is 0 Å². The van der Waals surface area contributed by atoms with E-state index in [9.17, 15) is 18.0 Å². The summed E-state index contributed by atoms with van der Waals surface area (Å²) >= 11 is 0. The van der Waals surface area contributed by atoms with E-state index >= 15 is 0 Å². The number of pyridine rings is 1. The van der Waals surface area contributed by atoms with Crippen molar-refractivity contribution < 1.29 is 22.7 Å². The number of urea groups is 1. The van der Waals surface area contributed by atoms with Gasteiger partial charge in [0.15, 0.2) is 0 Å². The van der Waals surface area contributed by atoms with Crippen LogP contribution in [-0.4, -0.2) is 17.6 Å². The molecule has 8 heteroatoms. The van der Waals surface area contributed by atoms with Crippen molar-refractivity contribution in [2.24, 2.45) is 0 Å². The molecule has 0 bridgehead atoms. The molecular formula is C24H20F3N3O2. The van der Waals surface area contributed by atoms with Crippen LogP contribution in [0.5, 0.6) is 5.75 Å². The van der Waals surface area contributed by atoms with Gasteiger partial charge in [-0.15, -0.1) is 0 Å². The van der Waals surface area contributed by atoms with Gasteiger partial charge in [0, 0.05) is 30.1 Å². The Labute approximate surface area is 183 Å². The summed E-state index contributed by atoms with van der Waals surface area (Å²) in [5, 5.41) is 5.23. The molecule has 32 heavy (non-hydrogen) atoms. The third-order valence-corrected chi connectivity index (χ3v) is 4.26. The van der Waals surface area contributed by atoms with Crippen molar-refractivity contribution in [3.8, 4) is 17.6 Å². The molecule has 3 aromatic rings. The number of nitrogens with one attached hydrogen (secondary N) is 2. The molecule has 1 aromatic heterocycles. The van der Waals surface area contributed by atoms with Gasteiger partial charge in [-0.25, -0.2) is 4.79 Å². The number of carbonyl (C=O) groups is 1. The monoisotopic (exact) mass is 439 g/mol. The SMILES string of the molecule is O=C(NCC#Cc1cccc(C(F)(F)F)c1)NCc1ccc(OCc2cccnc2)cc1. The van der Waals surface area contributed by atoms with E-state index < -0.39 is 17.8 Å². The maximum absolute atomic E-state index is 12.7. The van der Waals surface area contributed by atoms with E-state index in [4.69, 9.17) is 4.74 Å². The molecule has 2 amide bonds. The Morgan fingerprint density at radius 1 is 1.00 bits per heavy atom. The summed E-state index contributed by atoms with van der Waals surface area (Å²) < 4.78 is 43.8. The number of ether oxygens (including phenoxy) is 1. The molecule has 1 heterocycles. The molecule has 2 N–H and O–H groups in total. The average molecular weight is 439 g/mol. The number of benzene rings is 2. The van der Waals surface area contributed by atoms with Crippen LogP contribution in [0.15, 0.2) is 73.1 Å². The molecule has 0 radical (unpaired) electrons. The lowest BCUT2D eigenvalue weighted by molar-refractivity contribution is -0.137. The van der Waals surface area contributed by atoms with Crippen molar-refractivity contribution in [3.63, 3.8) is 0 Å². The predicted octanol–water partition coefficient (Wildman–Crippen LogP) is 4.53. The number of alkyl halides is 3. The first kappa shape index (κ1) is 22.7. The third kappa shape index (κ3) is 7.36. The smallest absolute Gasteiger partial charge is 0.416 e. The number of amides is 2. The summed E-state index contributed by atoms with van der Waals surface area (Å²) in [7, 11) is 0. The van der Waals surface area contributed by atoms with Crippen LogP contribution in [0.1, 0.15) is 22.3 Å². The van der Waals surface area contributed by atoms with Gasteiger partial charge < -0.3 is 15.4 Å². The fraction of sp³-hybridized carbons (Fsp3) is 0.167. The Bertz CT molecular complexity index is 1090. The maximum Gasteiger partial charge on any atom is 0.416 e. The van der Waals surface area contributed by atoms with Gasteiger partial charge in [-0.2, -0.15) is 13.2 Å². The van der Waals surface area contributed by atoms with Gasteiger partial charge in [-0.1, -0.05) is 36.1 Å². The highest BCUT2D eigenvalue weighted by Gasteiger charge is 2.30. The standard InChI is InChI=1S/C24H20F3N3O2/c25-24(26,27)21-7-1-4-18(14-21)5-3-13-29-23(31)30-16-19-8-10-22(11-9-19)32-17-20-6-2-12-28-15-20/h1-2,4,6-12,14-15H,13,16-17H2,(H2,29,30,31). The number of hydrogen-bond donors (Lipinski definition) is 2.